The lowest BCUT2D eigenvalue weighted by molar-refractivity contribution is -0.117. The van der Waals surface area contributed by atoms with Gasteiger partial charge in [-0.05, 0) is 42.0 Å². The minimum absolute atomic E-state index is 0.0833. The first-order valence-electron chi connectivity index (χ1n) is 6.70. The number of anilines is 1. The monoisotopic (exact) mass is 287 g/mol. The fraction of sp³-hybridized carbons (Fsp3) is 0.235. The van der Waals surface area contributed by atoms with Crippen molar-refractivity contribution in [2.24, 2.45) is 0 Å². The molecule has 21 heavy (non-hydrogen) atoms. The Morgan fingerprint density at radius 1 is 1.10 bits per heavy atom. The van der Waals surface area contributed by atoms with E-state index in [1.807, 2.05) is 36.2 Å². The van der Waals surface area contributed by atoms with E-state index in [4.69, 9.17) is 4.74 Å². The van der Waals surface area contributed by atoms with Crippen molar-refractivity contribution in [3.63, 3.8) is 0 Å². The van der Waals surface area contributed by atoms with Crippen LogP contribution in [-0.2, 0) is 11.2 Å². The molecule has 0 saturated heterocycles. The third-order valence-corrected chi connectivity index (χ3v) is 3.24. The van der Waals surface area contributed by atoms with Crippen LogP contribution < -0.4 is 9.64 Å². The van der Waals surface area contributed by atoms with Crippen molar-refractivity contribution < 1.29 is 13.9 Å². The van der Waals surface area contributed by atoms with Crippen LogP contribution >= 0.6 is 0 Å². The van der Waals surface area contributed by atoms with Crippen LogP contribution in [-0.4, -0.2) is 26.5 Å². The molecule has 4 heteroatoms. The molecule has 0 aliphatic heterocycles. The van der Waals surface area contributed by atoms with E-state index in [1.165, 1.54) is 12.1 Å². The number of hydrogen-bond acceptors (Lipinski definition) is 3. The number of nitrogens with zero attached hydrogens (tertiary/aromatic N) is 1. The zero-order valence-electron chi connectivity index (χ0n) is 12.2. The summed E-state index contributed by atoms with van der Waals surface area (Å²) in [6.07, 6.45) is 0.306. The number of carbonyl (C=O) groups excluding carboxylic acids is 1. The fourth-order valence-electron chi connectivity index (χ4n) is 2.08. The van der Waals surface area contributed by atoms with Crippen LogP contribution in [0.2, 0.25) is 0 Å². The Kier molecular flexibility index (Phi) is 4.93. The van der Waals surface area contributed by atoms with Crippen molar-refractivity contribution >= 4 is 11.5 Å². The van der Waals surface area contributed by atoms with Crippen LogP contribution in [0.25, 0.3) is 0 Å². The van der Waals surface area contributed by atoms with Crippen molar-refractivity contribution in [3.8, 4) is 5.75 Å². The number of Topliss-reactive ketones (excluding diaryl/α,β-unsaturated/α-hetero) is 1. The van der Waals surface area contributed by atoms with Crippen LogP contribution in [0.5, 0.6) is 5.75 Å². The number of carbonyl (C=O) groups is 1. The predicted octanol–water partition coefficient (Wildman–Crippen LogP) is 3.08. The van der Waals surface area contributed by atoms with Gasteiger partial charge in [-0.3, -0.25) is 4.79 Å². The van der Waals surface area contributed by atoms with E-state index in [0.717, 1.165) is 17.0 Å². The van der Waals surface area contributed by atoms with E-state index >= 15 is 0 Å². The van der Waals surface area contributed by atoms with E-state index < -0.39 is 0 Å². The zero-order chi connectivity index (χ0) is 15.2. The minimum Gasteiger partial charge on any atom is -0.497 e. The first-order chi connectivity index (χ1) is 10.1. The first kappa shape index (κ1) is 15.0. The normalized spacial score (nSPS) is 10.2. The van der Waals surface area contributed by atoms with Gasteiger partial charge in [-0.2, -0.15) is 0 Å². The Morgan fingerprint density at radius 3 is 2.29 bits per heavy atom. The summed E-state index contributed by atoms with van der Waals surface area (Å²) in [5, 5.41) is 0. The lowest BCUT2D eigenvalue weighted by Gasteiger charge is -2.18. The van der Waals surface area contributed by atoms with Crippen molar-refractivity contribution in [1.82, 2.24) is 0 Å². The predicted molar refractivity (Wildman–Crippen MR) is 81.4 cm³/mol. The van der Waals surface area contributed by atoms with Crippen molar-refractivity contribution in [3.05, 3.63) is 59.9 Å². The minimum atomic E-state index is -0.290. The highest BCUT2D eigenvalue weighted by Gasteiger charge is 2.09. The number of rotatable bonds is 6. The van der Waals surface area contributed by atoms with Crippen LogP contribution in [0.15, 0.2) is 48.5 Å². The Balaban J connectivity index is 1.93. The second kappa shape index (κ2) is 6.88. The summed E-state index contributed by atoms with van der Waals surface area (Å²) in [5.74, 6) is 0.575. The smallest absolute Gasteiger partial charge is 0.156 e. The van der Waals surface area contributed by atoms with Gasteiger partial charge in [0.1, 0.15) is 11.6 Å². The highest BCUT2D eigenvalue weighted by molar-refractivity contribution is 5.85. The number of ketones is 1. The summed E-state index contributed by atoms with van der Waals surface area (Å²) in [6.45, 7) is 0.309. The zero-order valence-corrected chi connectivity index (χ0v) is 12.2. The van der Waals surface area contributed by atoms with Gasteiger partial charge >= 0.3 is 0 Å². The molecule has 0 aromatic heterocycles. The number of hydrogen-bond donors (Lipinski definition) is 0. The third kappa shape index (κ3) is 4.31. The van der Waals surface area contributed by atoms with Gasteiger partial charge in [-0.1, -0.05) is 12.1 Å². The topological polar surface area (TPSA) is 29.5 Å². The third-order valence-electron chi connectivity index (χ3n) is 3.24. The molecule has 0 aliphatic carbocycles. The van der Waals surface area contributed by atoms with Crippen LogP contribution in [0.3, 0.4) is 0 Å². The first-order valence-corrected chi connectivity index (χ1v) is 6.70. The molecule has 0 saturated carbocycles. The molecule has 0 spiro atoms. The lowest BCUT2D eigenvalue weighted by atomic mass is 10.1. The fourth-order valence-corrected chi connectivity index (χ4v) is 2.08. The quantitative estimate of drug-likeness (QED) is 0.817. The summed E-state index contributed by atoms with van der Waals surface area (Å²) >= 11 is 0. The molecule has 0 unspecified atom stereocenters. The highest BCUT2D eigenvalue weighted by Crippen LogP contribution is 2.18. The largest absolute Gasteiger partial charge is 0.497 e. The van der Waals surface area contributed by atoms with Crippen molar-refractivity contribution in [2.45, 2.75) is 6.42 Å². The summed E-state index contributed by atoms with van der Waals surface area (Å²) in [7, 11) is 3.48. The highest BCUT2D eigenvalue weighted by atomic mass is 19.1. The molecule has 110 valence electrons. The Bertz CT molecular complexity index is 593. The van der Waals surface area contributed by atoms with Crippen molar-refractivity contribution in [1.29, 1.82) is 0 Å². The van der Waals surface area contributed by atoms with Crippen LogP contribution in [0, 0.1) is 5.82 Å². The van der Waals surface area contributed by atoms with Gasteiger partial charge in [0.25, 0.3) is 0 Å². The van der Waals surface area contributed by atoms with E-state index in [1.54, 1.807) is 19.2 Å². The number of methoxy groups -OCH3 is 1. The molecular formula is C17H18FNO2. The molecule has 0 aliphatic rings. The molecule has 3 nitrogen and oxygen atoms in total. The number of halogens is 1. The number of ether oxygens (including phenoxy) is 1. The number of benzene rings is 2. The van der Waals surface area contributed by atoms with Gasteiger partial charge in [-0.25, -0.2) is 4.39 Å². The maximum absolute atomic E-state index is 12.8. The molecule has 0 fully saturated rings. The second-order valence-corrected chi connectivity index (χ2v) is 4.90. The summed E-state index contributed by atoms with van der Waals surface area (Å²) in [5.41, 5.74) is 1.77. The van der Waals surface area contributed by atoms with Gasteiger partial charge in [0.2, 0.25) is 0 Å². The van der Waals surface area contributed by atoms with E-state index in [2.05, 4.69) is 0 Å². The van der Waals surface area contributed by atoms with Gasteiger partial charge in [0.05, 0.1) is 13.7 Å². The average Bonchev–Trinajstić information content (AvgIpc) is 2.49. The van der Waals surface area contributed by atoms with Gasteiger partial charge < -0.3 is 9.64 Å². The molecule has 2 aromatic carbocycles. The average molecular weight is 287 g/mol. The summed E-state index contributed by atoms with van der Waals surface area (Å²) < 4.78 is 17.9. The van der Waals surface area contributed by atoms with E-state index in [0.29, 0.717) is 13.0 Å². The number of likely N-dealkylation sites (N-methyl/N-ethyl adjacent to an activating group) is 1. The molecule has 0 heterocycles. The van der Waals surface area contributed by atoms with Crippen LogP contribution in [0.4, 0.5) is 10.1 Å². The summed E-state index contributed by atoms with van der Waals surface area (Å²) in [6, 6.07) is 13.5. The Morgan fingerprint density at radius 2 is 1.71 bits per heavy atom. The van der Waals surface area contributed by atoms with E-state index in [9.17, 15) is 9.18 Å². The molecular weight excluding hydrogens is 269 g/mol. The van der Waals surface area contributed by atoms with Crippen molar-refractivity contribution in [2.75, 3.05) is 25.6 Å². The maximum Gasteiger partial charge on any atom is 0.156 e. The van der Waals surface area contributed by atoms with Gasteiger partial charge in [-0.15, -0.1) is 0 Å². The van der Waals surface area contributed by atoms with E-state index in [-0.39, 0.29) is 11.6 Å². The molecule has 0 bridgehead atoms. The van der Waals surface area contributed by atoms with Crippen LogP contribution in [0.1, 0.15) is 5.56 Å². The lowest BCUT2D eigenvalue weighted by Crippen LogP contribution is -2.26. The SMILES string of the molecule is COc1ccc(N(C)CC(=O)Cc2ccc(F)cc2)cc1. The molecule has 0 amide bonds. The second-order valence-electron chi connectivity index (χ2n) is 4.90. The Labute approximate surface area is 124 Å². The standard InChI is InChI=1S/C17H18FNO2/c1-19(15-7-9-17(21-2)10-8-15)12-16(20)11-13-3-5-14(18)6-4-13/h3-10H,11-12H2,1-2H3. The molecule has 0 radical (unpaired) electrons. The maximum atomic E-state index is 12.8. The molecule has 0 N–H and O–H groups in total. The summed E-state index contributed by atoms with van der Waals surface area (Å²) in [4.78, 5) is 13.9. The molecule has 0 atom stereocenters. The van der Waals surface area contributed by atoms with Gasteiger partial charge in [0, 0.05) is 19.2 Å². The van der Waals surface area contributed by atoms with Gasteiger partial charge in [0.15, 0.2) is 5.78 Å². The molecule has 2 rings (SSSR count). The molecule has 2 aromatic rings. The Hall–Kier alpha value is -2.36.